The molecular formula is C17H11F2N3O2. The number of amides is 1. The van der Waals surface area contributed by atoms with Crippen LogP contribution in [0.3, 0.4) is 0 Å². The SMILES string of the molecule is O=C(Nc1cccc(Oc2cnccn2)c1)c1ccc(F)cc1F. The van der Waals surface area contributed by atoms with Gasteiger partial charge in [-0.05, 0) is 24.3 Å². The fourth-order valence-corrected chi connectivity index (χ4v) is 1.97. The third-order valence-electron chi connectivity index (χ3n) is 3.03. The molecule has 0 bridgehead atoms. The highest BCUT2D eigenvalue weighted by Gasteiger charge is 2.13. The molecule has 3 aromatic rings. The van der Waals surface area contributed by atoms with Crippen LogP contribution < -0.4 is 10.1 Å². The molecule has 120 valence electrons. The van der Waals surface area contributed by atoms with Gasteiger partial charge in [0.2, 0.25) is 5.88 Å². The molecule has 0 saturated carbocycles. The third-order valence-corrected chi connectivity index (χ3v) is 3.03. The Hall–Kier alpha value is -3.35. The number of nitrogens with zero attached hydrogens (tertiary/aromatic N) is 2. The van der Waals surface area contributed by atoms with Crippen molar-refractivity contribution in [2.45, 2.75) is 0 Å². The maximum Gasteiger partial charge on any atom is 0.258 e. The fourth-order valence-electron chi connectivity index (χ4n) is 1.97. The highest BCUT2D eigenvalue weighted by Crippen LogP contribution is 2.22. The van der Waals surface area contributed by atoms with Crippen LogP contribution in [0.5, 0.6) is 11.6 Å². The van der Waals surface area contributed by atoms with Gasteiger partial charge in [-0.25, -0.2) is 13.8 Å². The maximum atomic E-state index is 13.6. The molecule has 1 aromatic heterocycles. The van der Waals surface area contributed by atoms with E-state index in [1.165, 1.54) is 18.6 Å². The lowest BCUT2D eigenvalue weighted by Crippen LogP contribution is -2.13. The fraction of sp³-hybridized carbons (Fsp3) is 0. The minimum atomic E-state index is -0.931. The summed E-state index contributed by atoms with van der Waals surface area (Å²) in [6.45, 7) is 0. The van der Waals surface area contributed by atoms with Crippen molar-refractivity contribution in [3.63, 3.8) is 0 Å². The van der Waals surface area contributed by atoms with Gasteiger partial charge < -0.3 is 10.1 Å². The Labute approximate surface area is 136 Å². The van der Waals surface area contributed by atoms with Crippen molar-refractivity contribution in [2.75, 3.05) is 5.32 Å². The predicted molar refractivity (Wildman–Crippen MR) is 82.9 cm³/mol. The summed E-state index contributed by atoms with van der Waals surface area (Å²) in [5.41, 5.74) is 0.141. The van der Waals surface area contributed by atoms with E-state index in [1.807, 2.05) is 0 Å². The van der Waals surface area contributed by atoms with E-state index in [1.54, 1.807) is 24.3 Å². The zero-order valence-electron chi connectivity index (χ0n) is 12.2. The normalized spacial score (nSPS) is 10.2. The van der Waals surface area contributed by atoms with Crippen LogP contribution in [0.25, 0.3) is 0 Å². The van der Waals surface area contributed by atoms with E-state index in [0.717, 1.165) is 12.1 Å². The van der Waals surface area contributed by atoms with E-state index >= 15 is 0 Å². The summed E-state index contributed by atoms with van der Waals surface area (Å²) in [6.07, 6.45) is 4.44. The molecule has 1 amide bonds. The van der Waals surface area contributed by atoms with E-state index in [-0.39, 0.29) is 5.56 Å². The summed E-state index contributed by atoms with van der Waals surface area (Å²) >= 11 is 0. The van der Waals surface area contributed by atoms with Crippen LogP contribution in [-0.4, -0.2) is 15.9 Å². The van der Waals surface area contributed by atoms with Crippen molar-refractivity contribution >= 4 is 11.6 Å². The number of carbonyl (C=O) groups is 1. The number of anilines is 1. The highest BCUT2D eigenvalue weighted by molar-refractivity contribution is 6.04. The average Bonchev–Trinajstić information content (AvgIpc) is 2.56. The molecule has 0 radical (unpaired) electrons. The van der Waals surface area contributed by atoms with Gasteiger partial charge in [-0.3, -0.25) is 9.78 Å². The van der Waals surface area contributed by atoms with Gasteiger partial charge in [-0.1, -0.05) is 6.07 Å². The lowest BCUT2D eigenvalue weighted by Gasteiger charge is -2.08. The second-order valence-corrected chi connectivity index (χ2v) is 4.75. The first-order chi connectivity index (χ1) is 11.6. The summed E-state index contributed by atoms with van der Waals surface area (Å²) in [4.78, 5) is 19.9. The Balaban J connectivity index is 1.75. The standard InChI is InChI=1S/C17H11F2N3O2/c18-11-4-5-14(15(19)8-11)17(23)22-12-2-1-3-13(9-12)24-16-10-20-6-7-21-16/h1-10H,(H,22,23). The minimum absolute atomic E-state index is 0.253. The molecule has 0 aliphatic heterocycles. The smallest absolute Gasteiger partial charge is 0.258 e. The first kappa shape index (κ1) is 15.5. The lowest BCUT2D eigenvalue weighted by molar-refractivity contribution is 0.102. The molecule has 0 aliphatic carbocycles. The zero-order valence-corrected chi connectivity index (χ0v) is 12.2. The molecule has 1 N–H and O–H groups in total. The number of halogens is 2. The van der Waals surface area contributed by atoms with Gasteiger partial charge in [-0.15, -0.1) is 0 Å². The number of ether oxygens (including phenoxy) is 1. The van der Waals surface area contributed by atoms with Gasteiger partial charge >= 0.3 is 0 Å². The van der Waals surface area contributed by atoms with Gasteiger partial charge in [0, 0.05) is 30.2 Å². The Morgan fingerprint density at radius 1 is 1.08 bits per heavy atom. The number of benzene rings is 2. The van der Waals surface area contributed by atoms with Gasteiger partial charge in [0.25, 0.3) is 5.91 Å². The summed E-state index contributed by atoms with van der Waals surface area (Å²) in [6, 6.07) is 9.25. The molecule has 2 aromatic carbocycles. The van der Waals surface area contributed by atoms with Gasteiger partial charge in [0.15, 0.2) is 0 Å². The van der Waals surface area contributed by atoms with Crippen LogP contribution in [0.1, 0.15) is 10.4 Å². The molecule has 5 nitrogen and oxygen atoms in total. The number of aromatic nitrogens is 2. The van der Waals surface area contributed by atoms with Crippen LogP contribution in [0, 0.1) is 11.6 Å². The zero-order chi connectivity index (χ0) is 16.9. The second-order valence-electron chi connectivity index (χ2n) is 4.75. The van der Waals surface area contributed by atoms with Crippen LogP contribution >= 0.6 is 0 Å². The summed E-state index contributed by atoms with van der Waals surface area (Å²) in [5.74, 6) is -1.65. The summed E-state index contributed by atoms with van der Waals surface area (Å²) in [7, 11) is 0. The molecule has 3 rings (SSSR count). The molecule has 0 fully saturated rings. The van der Waals surface area contributed by atoms with E-state index in [0.29, 0.717) is 23.4 Å². The summed E-state index contributed by atoms with van der Waals surface area (Å²) in [5, 5.41) is 2.53. The molecular weight excluding hydrogens is 316 g/mol. The van der Waals surface area contributed by atoms with E-state index in [4.69, 9.17) is 4.74 Å². The number of hydrogen-bond donors (Lipinski definition) is 1. The van der Waals surface area contributed by atoms with Crippen molar-refractivity contribution in [1.29, 1.82) is 0 Å². The van der Waals surface area contributed by atoms with Crippen LogP contribution in [-0.2, 0) is 0 Å². The third kappa shape index (κ3) is 3.70. The lowest BCUT2D eigenvalue weighted by atomic mass is 10.2. The maximum absolute atomic E-state index is 13.6. The topological polar surface area (TPSA) is 64.1 Å². The Bertz CT molecular complexity index is 873. The van der Waals surface area contributed by atoms with E-state index in [9.17, 15) is 13.6 Å². The number of carbonyl (C=O) groups excluding carboxylic acids is 1. The van der Waals surface area contributed by atoms with Gasteiger partial charge in [0.1, 0.15) is 17.4 Å². The number of rotatable bonds is 4. The molecule has 24 heavy (non-hydrogen) atoms. The molecule has 1 heterocycles. The largest absolute Gasteiger partial charge is 0.437 e. The Morgan fingerprint density at radius 2 is 1.96 bits per heavy atom. The highest BCUT2D eigenvalue weighted by atomic mass is 19.1. The van der Waals surface area contributed by atoms with Crippen molar-refractivity contribution < 1.29 is 18.3 Å². The van der Waals surface area contributed by atoms with Gasteiger partial charge in [-0.2, -0.15) is 0 Å². The van der Waals surface area contributed by atoms with E-state index < -0.39 is 17.5 Å². The average molecular weight is 327 g/mol. The van der Waals surface area contributed by atoms with Crippen molar-refractivity contribution in [2.24, 2.45) is 0 Å². The quantitative estimate of drug-likeness (QED) is 0.791. The van der Waals surface area contributed by atoms with Crippen molar-refractivity contribution in [3.05, 3.63) is 78.3 Å². The summed E-state index contributed by atoms with van der Waals surface area (Å²) < 4.78 is 32.0. The van der Waals surface area contributed by atoms with E-state index in [2.05, 4.69) is 15.3 Å². The molecule has 0 aliphatic rings. The minimum Gasteiger partial charge on any atom is -0.437 e. The number of nitrogens with one attached hydrogen (secondary N) is 1. The first-order valence-electron chi connectivity index (χ1n) is 6.92. The molecule has 0 unspecified atom stereocenters. The van der Waals surface area contributed by atoms with Crippen LogP contribution in [0.2, 0.25) is 0 Å². The molecule has 0 saturated heterocycles. The van der Waals surface area contributed by atoms with Crippen molar-refractivity contribution in [1.82, 2.24) is 9.97 Å². The Kier molecular flexibility index (Phi) is 4.42. The molecule has 0 atom stereocenters. The number of hydrogen-bond acceptors (Lipinski definition) is 4. The van der Waals surface area contributed by atoms with Crippen LogP contribution in [0.4, 0.5) is 14.5 Å². The van der Waals surface area contributed by atoms with Gasteiger partial charge in [0.05, 0.1) is 11.8 Å². The predicted octanol–water partition coefficient (Wildman–Crippen LogP) is 3.80. The van der Waals surface area contributed by atoms with Crippen LogP contribution in [0.15, 0.2) is 61.1 Å². The Morgan fingerprint density at radius 3 is 2.71 bits per heavy atom. The first-order valence-corrected chi connectivity index (χ1v) is 6.92. The molecule has 7 heteroatoms. The monoisotopic (exact) mass is 327 g/mol. The molecule has 0 spiro atoms. The van der Waals surface area contributed by atoms with Crippen molar-refractivity contribution in [3.8, 4) is 11.6 Å². The second kappa shape index (κ2) is 6.82.